The lowest BCUT2D eigenvalue weighted by atomic mass is 9.94. The molecule has 0 aliphatic rings. The molecular formula is C37H42O2. The third-order valence-corrected chi connectivity index (χ3v) is 7.47. The second kappa shape index (κ2) is 13.9. The van der Waals surface area contributed by atoms with Gasteiger partial charge in [-0.3, -0.25) is 0 Å². The SMILES string of the molecule is CCCCCCC(C)OC(=O)c1ccc(-c2ccc(-c3ccc(-c4ccc(CCC)cc4)c(C)c3)cc2)cc1. The number of benzene rings is 4. The second-order valence-electron chi connectivity index (χ2n) is 10.7. The normalized spacial score (nSPS) is 11.8. The number of esters is 1. The molecule has 0 fully saturated rings. The molecule has 4 aromatic rings. The maximum Gasteiger partial charge on any atom is 0.338 e. The average Bonchev–Trinajstić information content (AvgIpc) is 2.96. The first-order valence-electron chi connectivity index (χ1n) is 14.6. The first kappa shape index (κ1) is 28.4. The van der Waals surface area contributed by atoms with Crippen LogP contribution in [0.3, 0.4) is 0 Å². The van der Waals surface area contributed by atoms with E-state index in [-0.39, 0.29) is 12.1 Å². The molecule has 0 aromatic heterocycles. The van der Waals surface area contributed by atoms with E-state index in [2.05, 4.69) is 87.5 Å². The van der Waals surface area contributed by atoms with Gasteiger partial charge in [0.05, 0.1) is 11.7 Å². The van der Waals surface area contributed by atoms with Gasteiger partial charge in [-0.05, 0) is 89.8 Å². The average molecular weight is 519 g/mol. The minimum atomic E-state index is -0.240. The molecule has 0 aliphatic carbocycles. The summed E-state index contributed by atoms with van der Waals surface area (Å²) in [6.07, 6.45) is 7.93. The fourth-order valence-corrected chi connectivity index (χ4v) is 5.13. The molecule has 0 N–H and O–H groups in total. The summed E-state index contributed by atoms with van der Waals surface area (Å²) in [4.78, 5) is 12.6. The Bertz CT molecular complexity index is 1330. The largest absolute Gasteiger partial charge is 0.459 e. The highest BCUT2D eigenvalue weighted by atomic mass is 16.5. The Morgan fingerprint density at radius 3 is 1.82 bits per heavy atom. The quantitative estimate of drug-likeness (QED) is 0.138. The number of unbranched alkanes of at least 4 members (excludes halogenated alkanes) is 3. The van der Waals surface area contributed by atoms with E-state index >= 15 is 0 Å². The molecule has 1 unspecified atom stereocenters. The highest BCUT2D eigenvalue weighted by Crippen LogP contribution is 2.30. The van der Waals surface area contributed by atoms with Crippen molar-refractivity contribution in [3.05, 3.63) is 108 Å². The van der Waals surface area contributed by atoms with E-state index in [1.807, 2.05) is 31.2 Å². The van der Waals surface area contributed by atoms with Crippen molar-refractivity contribution in [2.24, 2.45) is 0 Å². The van der Waals surface area contributed by atoms with Crippen molar-refractivity contribution >= 4 is 5.97 Å². The van der Waals surface area contributed by atoms with E-state index in [1.54, 1.807) is 0 Å². The standard InChI is InChI=1S/C37H42O2/c1-5-7-8-9-11-28(4)39-37(38)34-22-20-31(21-23-34)30-16-18-32(19-17-30)35-24-25-36(27(3)26-35)33-14-12-29(10-6-2)13-15-33/h12-26,28H,5-11H2,1-4H3. The lowest BCUT2D eigenvalue weighted by Gasteiger charge is -2.13. The Hall–Kier alpha value is -3.65. The summed E-state index contributed by atoms with van der Waals surface area (Å²) in [5.41, 5.74) is 10.4. The summed E-state index contributed by atoms with van der Waals surface area (Å²) >= 11 is 0. The van der Waals surface area contributed by atoms with Crippen LogP contribution in [0.5, 0.6) is 0 Å². The van der Waals surface area contributed by atoms with Crippen LogP contribution >= 0.6 is 0 Å². The molecule has 2 heteroatoms. The van der Waals surface area contributed by atoms with Crippen molar-refractivity contribution in [1.82, 2.24) is 0 Å². The molecule has 202 valence electrons. The van der Waals surface area contributed by atoms with Crippen LogP contribution in [-0.4, -0.2) is 12.1 Å². The number of hydrogen-bond donors (Lipinski definition) is 0. The summed E-state index contributed by atoms with van der Waals surface area (Å²) in [6, 6.07) is 32.1. The minimum absolute atomic E-state index is 0.0503. The summed E-state index contributed by atoms with van der Waals surface area (Å²) in [6.45, 7) is 8.59. The molecule has 0 amide bonds. The van der Waals surface area contributed by atoms with Crippen molar-refractivity contribution < 1.29 is 9.53 Å². The fraction of sp³-hybridized carbons (Fsp3) is 0.324. The van der Waals surface area contributed by atoms with Gasteiger partial charge >= 0.3 is 5.97 Å². The van der Waals surface area contributed by atoms with E-state index in [0.29, 0.717) is 5.56 Å². The van der Waals surface area contributed by atoms with Gasteiger partial charge in [0, 0.05) is 0 Å². The van der Waals surface area contributed by atoms with Gasteiger partial charge in [0.25, 0.3) is 0 Å². The van der Waals surface area contributed by atoms with Crippen molar-refractivity contribution in [3.8, 4) is 33.4 Å². The number of ether oxygens (including phenoxy) is 1. The molecule has 0 heterocycles. The van der Waals surface area contributed by atoms with E-state index in [1.165, 1.54) is 59.1 Å². The van der Waals surface area contributed by atoms with Gasteiger partial charge in [0.15, 0.2) is 0 Å². The predicted molar refractivity (Wildman–Crippen MR) is 165 cm³/mol. The van der Waals surface area contributed by atoms with Gasteiger partial charge in [-0.25, -0.2) is 4.79 Å². The van der Waals surface area contributed by atoms with Crippen LogP contribution in [0.25, 0.3) is 33.4 Å². The highest BCUT2D eigenvalue weighted by molar-refractivity contribution is 5.90. The third-order valence-electron chi connectivity index (χ3n) is 7.47. The van der Waals surface area contributed by atoms with Crippen molar-refractivity contribution in [3.63, 3.8) is 0 Å². The number of hydrogen-bond acceptors (Lipinski definition) is 2. The van der Waals surface area contributed by atoms with E-state index in [9.17, 15) is 4.79 Å². The topological polar surface area (TPSA) is 26.3 Å². The molecule has 4 rings (SSSR count). The Kier molecular flexibility index (Phi) is 10.1. The third kappa shape index (κ3) is 7.69. The van der Waals surface area contributed by atoms with Gasteiger partial charge < -0.3 is 4.74 Å². The maximum absolute atomic E-state index is 12.6. The fourth-order valence-electron chi connectivity index (χ4n) is 5.13. The molecule has 1 atom stereocenters. The Morgan fingerprint density at radius 2 is 1.23 bits per heavy atom. The van der Waals surface area contributed by atoms with Crippen LogP contribution in [0.15, 0.2) is 91.0 Å². The lowest BCUT2D eigenvalue weighted by Crippen LogP contribution is -2.15. The van der Waals surface area contributed by atoms with Gasteiger partial charge in [0.2, 0.25) is 0 Å². The summed E-state index contributed by atoms with van der Waals surface area (Å²) in [7, 11) is 0. The molecule has 0 aliphatic heterocycles. The van der Waals surface area contributed by atoms with Gasteiger partial charge in [0.1, 0.15) is 0 Å². The Morgan fingerprint density at radius 1 is 0.667 bits per heavy atom. The zero-order valence-electron chi connectivity index (χ0n) is 24.0. The summed E-state index contributed by atoms with van der Waals surface area (Å²) in [5.74, 6) is -0.240. The molecule has 4 aromatic carbocycles. The van der Waals surface area contributed by atoms with Crippen molar-refractivity contribution in [2.45, 2.75) is 78.7 Å². The van der Waals surface area contributed by atoms with Crippen molar-refractivity contribution in [1.29, 1.82) is 0 Å². The zero-order valence-corrected chi connectivity index (χ0v) is 24.0. The number of rotatable bonds is 12. The van der Waals surface area contributed by atoms with E-state index in [0.717, 1.165) is 30.4 Å². The van der Waals surface area contributed by atoms with Crippen LogP contribution in [-0.2, 0) is 11.2 Å². The summed E-state index contributed by atoms with van der Waals surface area (Å²) < 4.78 is 5.65. The molecule has 39 heavy (non-hydrogen) atoms. The lowest BCUT2D eigenvalue weighted by molar-refractivity contribution is 0.0319. The van der Waals surface area contributed by atoms with Crippen LogP contribution in [0, 0.1) is 6.92 Å². The van der Waals surface area contributed by atoms with E-state index < -0.39 is 0 Å². The molecule has 0 spiro atoms. The van der Waals surface area contributed by atoms with Gasteiger partial charge in [-0.15, -0.1) is 0 Å². The second-order valence-corrected chi connectivity index (χ2v) is 10.7. The van der Waals surface area contributed by atoms with Crippen LogP contribution in [0.1, 0.15) is 80.8 Å². The van der Waals surface area contributed by atoms with E-state index in [4.69, 9.17) is 4.74 Å². The van der Waals surface area contributed by atoms with Crippen molar-refractivity contribution in [2.75, 3.05) is 0 Å². The zero-order chi connectivity index (χ0) is 27.6. The van der Waals surface area contributed by atoms with Crippen LogP contribution in [0.4, 0.5) is 0 Å². The first-order chi connectivity index (χ1) is 19.0. The molecule has 2 nitrogen and oxygen atoms in total. The number of carbonyl (C=O) groups is 1. The predicted octanol–water partition coefficient (Wildman–Crippen LogP) is 10.5. The molecule has 0 saturated heterocycles. The summed E-state index contributed by atoms with van der Waals surface area (Å²) in [5, 5.41) is 0. The first-order valence-corrected chi connectivity index (χ1v) is 14.6. The number of aryl methyl sites for hydroxylation is 2. The molecule has 0 radical (unpaired) electrons. The van der Waals surface area contributed by atoms with Gasteiger partial charge in [-0.1, -0.05) is 118 Å². The smallest absolute Gasteiger partial charge is 0.338 e. The monoisotopic (exact) mass is 518 g/mol. The Labute approximate surface area is 235 Å². The molecular weight excluding hydrogens is 476 g/mol. The molecule has 0 saturated carbocycles. The van der Waals surface area contributed by atoms with Crippen LogP contribution in [0.2, 0.25) is 0 Å². The van der Waals surface area contributed by atoms with Gasteiger partial charge in [-0.2, -0.15) is 0 Å². The Balaban J connectivity index is 1.39. The highest BCUT2D eigenvalue weighted by Gasteiger charge is 2.12. The molecule has 0 bridgehead atoms. The minimum Gasteiger partial charge on any atom is -0.459 e. The van der Waals surface area contributed by atoms with Crippen LogP contribution < -0.4 is 0 Å². The maximum atomic E-state index is 12.6. The number of carbonyl (C=O) groups excluding carboxylic acids is 1.